The molecule has 1 amide bonds. The summed E-state index contributed by atoms with van der Waals surface area (Å²) in [6, 6.07) is 7.83. The van der Waals surface area contributed by atoms with Crippen molar-refractivity contribution in [3.63, 3.8) is 0 Å². The molecule has 0 radical (unpaired) electrons. The summed E-state index contributed by atoms with van der Waals surface area (Å²) in [5.74, 6) is 0.661. The Labute approximate surface area is 155 Å². The highest BCUT2D eigenvalue weighted by Gasteiger charge is 2.22. The average Bonchev–Trinajstić information content (AvgIpc) is 2.99. The molecule has 0 saturated carbocycles. The first-order chi connectivity index (χ1) is 12.6. The maximum Gasteiger partial charge on any atom is 0.266 e. The van der Waals surface area contributed by atoms with Crippen LogP contribution in [-0.2, 0) is 19.4 Å². The summed E-state index contributed by atoms with van der Waals surface area (Å²) in [7, 11) is 0. The standard InChI is InChI=1S/C20H21N3O2S/c1-3-13-7-9-14(10-8-13)21-18(24)17-12(2)16-19(26-17)22-15-6-4-5-11-23(15)20(16)25/h7-10H,3-6,11H2,1-2H3,(H,21,24). The number of carbonyl (C=O) groups excluding carboxylic acids is 1. The van der Waals surface area contributed by atoms with Crippen LogP contribution < -0.4 is 10.9 Å². The molecular formula is C20H21N3O2S. The number of nitrogens with zero attached hydrogens (tertiary/aromatic N) is 2. The van der Waals surface area contributed by atoms with E-state index in [0.29, 0.717) is 15.1 Å². The molecule has 0 fully saturated rings. The van der Waals surface area contributed by atoms with Gasteiger partial charge in [0.15, 0.2) is 0 Å². The lowest BCUT2D eigenvalue weighted by Gasteiger charge is -2.16. The van der Waals surface area contributed by atoms with Crippen molar-refractivity contribution < 1.29 is 4.79 Å². The van der Waals surface area contributed by atoms with Gasteiger partial charge in [-0.2, -0.15) is 0 Å². The van der Waals surface area contributed by atoms with Gasteiger partial charge in [0.2, 0.25) is 0 Å². The van der Waals surface area contributed by atoms with E-state index >= 15 is 0 Å². The average molecular weight is 367 g/mol. The third kappa shape index (κ3) is 2.84. The summed E-state index contributed by atoms with van der Waals surface area (Å²) in [6.07, 6.45) is 3.85. The van der Waals surface area contributed by atoms with E-state index in [2.05, 4.69) is 17.2 Å². The molecule has 3 aromatic rings. The normalized spacial score (nSPS) is 13.6. The van der Waals surface area contributed by atoms with Crippen molar-refractivity contribution in [2.24, 2.45) is 0 Å². The molecule has 5 nitrogen and oxygen atoms in total. The van der Waals surface area contributed by atoms with Crippen molar-refractivity contribution in [3.05, 3.63) is 56.4 Å². The van der Waals surface area contributed by atoms with Crippen molar-refractivity contribution in [1.82, 2.24) is 9.55 Å². The fourth-order valence-electron chi connectivity index (χ4n) is 3.46. The Balaban J connectivity index is 1.71. The van der Waals surface area contributed by atoms with Gasteiger partial charge in [0.05, 0.1) is 10.3 Å². The summed E-state index contributed by atoms with van der Waals surface area (Å²) in [5, 5.41) is 3.53. The molecule has 26 heavy (non-hydrogen) atoms. The molecule has 1 aliphatic rings. The summed E-state index contributed by atoms with van der Waals surface area (Å²) in [5.41, 5.74) is 2.70. The predicted octanol–water partition coefficient (Wildman–Crippen LogP) is 3.92. The van der Waals surface area contributed by atoms with Crippen LogP contribution in [0.1, 0.15) is 46.4 Å². The van der Waals surface area contributed by atoms with Crippen LogP contribution in [0, 0.1) is 6.92 Å². The third-order valence-corrected chi connectivity index (χ3v) is 6.17. The number of hydrogen-bond donors (Lipinski definition) is 1. The van der Waals surface area contributed by atoms with Crippen molar-refractivity contribution in [2.75, 3.05) is 5.32 Å². The highest BCUT2D eigenvalue weighted by Crippen LogP contribution is 2.29. The van der Waals surface area contributed by atoms with E-state index in [0.717, 1.165) is 49.3 Å². The number of carbonyl (C=O) groups is 1. The molecule has 0 bridgehead atoms. The second-order valence-electron chi connectivity index (χ2n) is 6.68. The van der Waals surface area contributed by atoms with E-state index in [4.69, 9.17) is 0 Å². The lowest BCUT2D eigenvalue weighted by molar-refractivity contribution is 0.103. The maximum atomic E-state index is 12.9. The minimum atomic E-state index is -0.183. The van der Waals surface area contributed by atoms with E-state index in [1.54, 1.807) is 4.57 Å². The van der Waals surface area contributed by atoms with E-state index < -0.39 is 0 Å². The Morgan fingerprint density at radius 3 is 2.77 bits per heavy atom. The molecule has 4 rings (SSSR count). The van der Waals surface area contributed by atoms with Gasteiger partial charge in [0, 0.05) is 18.7 Å². The second-order valence-corrected chi connectivity index (χ2v) is 7.68. The Kier molecular flexibility index (Phi) is 4.36. The van der Waals surface area contributed by atoms with E-state index in [1.807, 2.05) is 31.2 Å². The smallest absolute Gasteiger partial charge is 0.266 e. The molecule has 0 atom stereocenters. The molecule has 0 aliphatic carbocycles. The van der Waals surface area contributed by atoms with Crippen LogP contribution in [0.3, 0.4) is 0 Å². The van der Waals surface area contributed by atoms with E-state index in [-0.39, 0.29) is 11.5 Å². The lowest BCUT2D eigenvalue weighted by Crippen LogP contribution is -2.28. The first-order valence-corrected chi connectivity index (χ1v) is 9.83. The van der Waals surface area contributed by atoms with E-state index in [1.165, 1.54) is 16.9 Å². The Morgan fingerprint density at radius 1 is 1.27 bits per heavy atom. The van der Waals surface area contributed by atoms with Gasteiger partial charge in [-0.15, -0.1) is 11.3 Å². The SMILES string of the molecule is CCc1ccc(NC(=O)c2sc3nc4n(c(=O)c3c2C)CCCC4)cc1. The first kappa shape index (κ1) is 17.0. The van der Waals surface area contributed by atoms with Gasteiger partial charge in [0.1, 0.15) is 10.7 Å². The number of hydrogen-bond acceptors (Lipinski definition) is 4. The Hall–Kier alpha value is -2.47. The molecule has 1 aliphatic heterocycles. The van der Waals surface area contributed by atoms with Crippen molar-refractivity contribution >= 4 is 33.1 Å². The van der Waals surface area contributed by atoms with Crippen molar-refractivity contribution in [1.29, 1.82) is 0 Å². The highest BCUT2D eigenvalue weighted by molar-refractivity contribution is 7.20. The number of aryl methyl sites for hydroxylation is 3. The topological polar surface area (TPSA) is 64.0 Å². The number of nitrogens with one attached hydrogen (secondary N) is 1. The van der Waals surface area contributed by atoms with Crippen LogP contribution in [0.15, 0.2) is 29.1 Å². The number of fused-ring (bicyclic) bond motifs is 2. The van der Waals surface area contributed by atoms with Crippen LogP contribution in [0.25, 0.3) is 10.2 Å². The van der Waals surface area contributed by atoms with Gasteiger partial charge >= 0.3 is 0 Å². The largest absolute Gasteiger partial charge is 0.321 e. The Bertz CT molecular complexity index is 1050. The van der Waals surface area contributed by atoms with Gasteiger partial charge in [-0.3, -0.25) is 14.2 Å². The minimum Gasteiger partial charge on any atom is -0.321 e. The number of aromatic nitrogens is 2. The first-order valence-electron chi connectivity index (χ1n) is 9.01. The molecule has 134 valence electrons. The lowest BCUT2D eigenvalue weighted by atomic mass is 10.1. The molecule has 1 N–H and O–H groups in total. The van der Waals surface area contributed by atoms with Crippen LogP contribution in [0.2, 0.25) is 0 Å². The third-order valence-electron chi connectivity index (χ3n) is 4.99. The van der Waals surface area contributed by atoms with Gasteiger partial charge in [-0.1, -0.05) is 19.1 Å². The number of rotatable bonds is 3. The van der Waals surface area contributed by atoms with Gasteiger partial charge in [-0.05, 0) is 49.4 Å². The zero-order chi connectivity index (χ0) is 18.3. The molecule has 6 heteroatoms. The summed E-state index contributed by atoms with van der Waals surface area (Å²) in [6.45, 7) is 4.66. The fraction of sp³-hybridized carbons (Fsp3) is 0.350. The fourth-order valence-corrected chi connectivity index (χ4v) is 4.55. The molecule has 0 saturated heterocycles. The molecule has 0 unspecified atom stereocenters. The quantitative estimate of drug-likeness (QED) is 0.763. The number of benzene rings is 1. The maximum absolute atomic E-state index is 12.9. The Morgan fingerprint density at radius 2 is 2.04 bits per heavy atom. The number of amides is 1. The van der Waals surface area contributed by atoms with Crippen LogP contribution in [0.5, 0.6) is 0 Å². The second kappa shape index (κ2) is 6.68. The van der Waals surface area contributed by atoms with Crippen molar-refractivity contribution in [3.8, 4) is 0 Å². The molecule has 0 spiro atoms. The molecule has 1 aromatic carbocycles. The van der Waals surface area contributed by atoms with Crippen LogP contribution >= 0.6 is 11.3 Å². The molecule has 2 aromatic heterocycles. The van der Waals surface area contributed by atoms with Crippen LogP contribution in [0.4, 0.5) is 5.69 Å². The predicted molar refractivity (Wildman–Crippen MR) is 105 cm³/mol. The number of thiophene rings is 1. The summed E-state index contributed by atoms with van der Waals surface area (Å²) >= 11 is 1.31. The van der Waals surface area contributed by atoms with Crippen molar-refractivity contribution in [2.45, 2.75) is 46.1 Å². The minimum absolute atomic E-state index is 0.00945. The van der Waals surface area contributed by atoms with E-state index in [9.17, 15) is 9.59 Å². The molecule has 3 heterocycles. The highest BCUT2D eigenvalue weighted by atomic mass is 32.1. The molecular weight excluding hydrogens is 346 g/mol. The van der Waals surface area contributed by atoms with Gasteiger partial charge in [0.25, 0.3) is 11.5 Å². The summed E-state index contributed by atoms with van der Waals surface area (Å²) < 4.78 is 1.77. The van der Waals surface area contributed by atoms with Gasteiger partial charge < -0.3 is 5.32 Å². The zero-order valence-electron chi connectivity index (χ0n) is 15.0. The monoisotopic (exact) mass is 367 g/mol. The zero-order valence-corrected chi connectivity index (χ0v) is 15.8. The summed E-state index contributed by atoms with van der Waals surface area (Å²) in [4.78, 5) is 31.5. The number of anilines is 1. The van der Waals surface area contributed by atoms with Crippen LogP contribution in [-0.4, -0.2) is 15.5 Å². The van der Waals surface area contributed by atoms with Gasteiger partial charge in [-0.25, -0.2) is 4.98 Å².